The van der Waals surface area contributed by atoms with Crippen LogP contribution >= 0.6 is 0 Å². The summed E-state index contributed by atoms with van der Waals surface area (Å²) < 4.78 is 19.3. The number of fused-ring (bicyclic) bond motifs is 1. The number of hydrogen-bond acceptors (Lipinski definition) is 6. The summed E-state index contributed by atoms with van der Waals surface area (Å²) in [6.45, 7) is 1.65. The summed E-state index contributed by atoms with van der Waals surface area (Å²) in [5, 5.41) is 17.6. The van der Waals surface area contributed by atoms with Gasteiger partial charge in [0.2, 0.25) is 0 Å². The fourth-order valence-electron chi connectivity index (χ4n) is 2.94. The van der Waals surface area contributed by atoms with Gasteiger partial charge in [0.25, 0.3) is 17.3 Å². The third-order valence-electron chi connectivity index (χ3n) is 4.34. The maximum absolute atomic E-state index is 14.1. The van der Waals surface area contributed by atoms with Crippen LogP contribution in [0.1, 0.15) is 16.1 Å². The van der Waals surface area contributed by atoms with Gasteiger partial charge >= 0.3 is 0 Å². The molecule has 4 rings (SSSR count). The van der Waals surface area contributed by atoms with E-state index in [1.54, 1.807) is 13.0 Å². The summed E-state index contributed by atoms with van der Waals surface area (Å²) >= 11 is 0. The zero-order valence-corrected chi connectivity index (χ0v) is 15.0. The van der Waals surface area contributed by atoms with Crippen molar-refractivity contribution < 1.29 is 18.6 Å². The van der Waals surface area contributed by atoms with Gasteiger partial charge in [0.05, 0.1) is 32.9 Å². The molecule has 2 heterocycles. The number of benzene rings is 2. The lowest BCUT2D eigenvalue weighted by Gasteiger charge is -2.09. The number of carbonyl (C=O) groups is 1. The van der Waals surface area contributed by atoms with Crippen molar-refractivity contribution in [3.63, 3.8) is 0 Å². The standard InChI is InChI=1S/C20H13FN4O4/c1-11-18-14(19(26)22-17-9-13(25(27)28)7-8-15(17)21)10-16(23-20(18)29-24-11)12-5-3-2-4-6-12/h2-10H,1H3,(H,22,26). The molecule has 0 aliphatic heterocycles. The highest BCUT2D eigenvalue weighted by Crippen LogP contribution is 2.28. The first-order valence-corrected chi connectivity index (χ1v) is 8.52. The van der Waals surface area contributed by atoms with Gasteiger partial charge in [0, 0.05) is 17.7 Å². The van der Waals surface area contributed by atoms with Crippen LogP contribution in [0.15, 0.2) is 59.1 Å². The minimum atomic E-state index is -0.792. The highest BCUT2D eigenvalue weighted by Gasteiger charge is 2.21. The number of nitro benzene ring substituents is 1. The van der Waals surface area contributed by atoms with Crippen molar-refractivity contribution in [1.29, 1.82) is 0 Å². The summed E-state index contributed by atoms with van der Waals surface area (Å²) in [5.41, 5.74) is 1.35. The minimum Gasteiger partial charge on any atom is -0.335 e. The Kier molecular flexibility index (Phi) is 4.47. The summed E-state index contributed by atoms with van der Waals surface area (Å²) in [6.07, 6.45) is 0. The predicted octanol–water partition coefficient (Wildman–Crippen LogP) is 4.50. The Hall–Kier alpha value is -4.14. The molecule has 1 amide bonds. The molecule has 9 heteroatoms. The molecule has 0 spiro atoms. The van der Waals surface area contributed by atoms with E-state index in [-0.39, 0.29) is 22.7 Å². The number of aromatic nitrogens is 2. The summed E-state index contributed by atoms with van der Waals surface area (Å²) in [5.74, 6) is -1.46. The average molecular weight is 392 g/mol. The van der Waals surface area contributed by atoms with Crippen molar-refractivity contribution in [2.24, 2.45) is 0 Å². The van der Waals surface area contributed by atoms with Crippen LogP contribution in [0.5, 0.6) is 0 Å². The van der Waals surface area contributed by atoms with Gasteiger partial charge in [0.15, 0.2) is 0 Å². The molecular weight excluding hydrogens is 379 g/mol. The maximum atomic E-state index is 14.1. The fourth-order valence-corrected chi connectivity index (χ4v) is 2.94. The fraction of sp³-hybridized carbons (Fsp3) is 0.0500. The van der Waals surface area contributed by atoms with E-state index in [1.807, 2.05) is 30.3 Å². The number of rotatable bonds is 4. The van der Waals surface area contributed by atoms with E-state index in [0.717, 1.165) is 23.8 Å². The van der Waals surface area contributed by atoms with Crippen LogP contribution in [0.25, 0.3) is 22.4 Å². The van der Waals surface area contributed by atoms with E-state index in [2.05, 4.69) is 15.5 Å². The zero-order chi connectivity index (χ0) is 20.5. The molecule has 1 N–H and O–H groups in total. The highest BCUT2D eigenvalue weighted by atomic mass is 19.1. The number of nitrogens with one attached hydrogen (secondary N) is 1. The van der Waals surface area contributed by atoms with E-state index in [4.69, 9.17) is 4.52 Å². The Morgan fingerprint density at radius 3 is 2.66 bits per heavy atom. The third kappa shape index (κ3) is 3.41. The highest BCUT2D eigenvalue weighted by molar-refractivity contribution is 6.13. The molecular formula is C20H13FN4O4. The van der Waals surface area contributed by atoms with Crippen LogP contribution in [0.2, 0.25) is 0 Å². The number of hydrogen-bond donors (Lipinski definition) is 1. The smallest absolute Gasteiger partial charge is 0.271 e. The van der Waals surface area contributed by atoms with Gasteiger partial charge in [-0.05, 0) is 19.1 Å². The first kappa shape index (κ1) is 18.2. The second-order valence-electron chi connectivity index (χ2n) is 6.24. The van der Waals surface area contributed by atoms with Gasteiger partial charge in [-0.15, -0.1) is 0 Å². The summed E-state index contributed by atoms with van der Waals surface area (Å²) in [4.78, 5) is 27.6. The first-order valence-electron chi connectivity index (χ1n) is 8.52. The van der Waals surface area contributed by atoms with Crippen LogP contribution in [-0.4, -0.2) is 21.0 Å². The molecule has 0 aliphatic rings. The van der Waals surface area contributed by atoms with E-state index in [9.17, 15) is 19.3 Å². The normalized spacial score (nSPS) is 10.8. The van der Waals surface area contributed by atoms with Crippen molar-refractivity contribution in [1.82, 2.24) is 10.1 Å². The summed E-state index contributed by atoms with van der Waals surface area (Å²) in [6, 6.07) is 13.6. The van der Waals surface area contributed by atoms with Crippen LogP contribution in [0.4, 0.5) is 15.8 Å². The second kappa shape index (κ2) is 7.12. The van der Waals surface area contributed by atoms with E-state index < -0.39 is 16.6 Å². The Bertz CT molecular complexity index is 1250. The Morgan fingerprint density at radius 2 is 1.93 bits per heavy atom. The predicted molar refractivity (Wildman–Crippen MR) is 103 cm³/mol. The lowest BCUT2D eigenvalue weighted by molar-refractivity contribution is -0.384. The second-order valence-corrected chi connectivity index (χ2v) is 6.24. The quantitative estimate of drug-likeness (QED) is 0.404. The molecule has 144 valence electrons. The van der Waals surface area contributed by atoms with Crippen LogP contribution in [-0.2, 0) is 0 Å². The van der Waals surface area contributed by atoms with Crippen LogP contribution in [0.3, 0.4) is 0 Å². The molecule has 4 aromatic rings. The number of pyridine rings is 1. The number of nitro groups is 1. The molecule has 8 nitrogen and oxygen atoms in total. The molecule has 2 aromatic heterocycles. The number of nitrogens with zero attached hydrogens (tertiary/aromatic N) is 3. The molecule has 0 saturated carbocycles. The molecule has 2 aromatic carbocycles. The molecule has 0 aliphatic carbocycles. The lowest BCUT2D eigenvalue weighted by Crippen LogP contribution is -2.14. The molecule has 0 saturated heterocycles. The van der Waals surface area contributed by atoms with Gasteiger partial charge in [-0.3, -0.25) is 14.9 Å². The molecule has 0 bridgehead atoms. The SMILES string of the molecule is Cc1noc2nc(-c3ccccc3)cc(C(=O)Nc3cc([N+](=O)[O-])ccc3F)c12. The topological polar surface area (TPSA) is 111 Å². The number of anilines is 1. The number of non-ortho nitro benzene ring substituents is 1. The van der Waals surface area contributed by atoms with Gasteiger partial charge in [0.1, 0.15) is 5.82 Å². The van der Waals surface area contributed by atoms with Gasteiger partial charge in [-0.25, -0.2) is 9.37 Å². The molecule has 0 atom stereocenters. The maximum Gasteiger partial charge on any atom is 0.271 e. The first-order chi connectivity index (χ1) is 13.9. The largest absolute Gasteiger partial charge is 0.335 e. The molecule has 0 radical (unpaired) electrons. The van der Waals surface area contributed by atoms with E-state index in [1.165, 1.54) is 0 Å². The summed E-state index contributed by atoms with van der Waals surface area (Å²) in [7, 11) is 0. The molecule has 29 heavy (non-hydrogen) atoms. The Morgan fingerprint density at radius 1 is 1.17 bits per heavy atom. The number of carbonyl (C=O) groups excluding carboxylic acids is 1. The Labute approximate surface area is 163 Å². The van der Waals surface area contributed by atoms with E-state index in [0.29, 0.717) is 16.8 Å². The van der Waals surface area contributed by atoms with E-state index >= 15 is 0 Å². The van der Waals surface area contributed by atoms with Crippen molar-refractivity contribution >= 4 is 28.4 Å². The van der Waals surface area contributed by atoms with Gasteiger partial charge in [-0.2, -0.15) is 0 Å². The van der Waals surface area contributed by atoms with Crippen LogP contribution < -0.4 is 5.32 Å². The third-order valence-corrected chi connectivity index (χ3v) is 4.34. The zero-order valence-electron chi connectivity index (χ0n) is 15.0. The monoisotopic (exact) mass is 392 g/mol. The lowest BCUT2D eigenvalue weighted by atomic mass is 10.0. The van der Waals surface area contributed by atoms with Crippen molar-refractivity contribution in [2.45, 2.75) is 6.92 Å². The molecule has 0 fully saturated rings. The number of aryl methyl sites for hydroxylation is 1. The van der Waals surface area contributed by atoms with Crippen molar-refractivity contribution in [3.8, 4) is 11.3 Å². The van der Waals surface area contributed by atoms with Gasteiger partial charge < -0.3 is 9.84 Å². The van der Waals surface area contributed by atoms with Gasteiger partial charge in [-0.1, -0.05) is 35.5 Å². The minimum absolute atomic E-state index is 0.161. The number of amides is 1. The van der Waals surface area contributed by atoms with Crippen LogP contribution in [0, 0.1) is 22.9 Å². The average Bonchev–Trinajstić information content (AvgIpc) is 3.10. The number of halogens is 1. The van der Waals surface area contributed by atoms with Crippen molar-refractivity contribution in [2.75, 3.05) is 5.32 Å². The van der Waals surface area contributed by atoms with Crippen molar-refractivity contribution in [3.05, 3.63) is 81.8 Å². The molecule has 0 unspecified atom stereocenters. The Balaban J connectivity index is 1.81.